The largest absolute Gasteiger partial charge is 0.393 e. The number of aliphatic hydroxyl groups excluding tert-OH is 1. The molecule has 3 atom stereocenters. The predicted molar refractivity (Wildman–Crippen MR) is 93.2 cm³/mol. The summed E-state index contributed by atoms with van der Waals surface area (Å²) in [4.78, 5) is 14.2. The van der Waals surface area contributed by atoms with Gasteiger partial charge in [-0.1, -0.05) is 43.2 Å². The smallest absolute Gasteiger partial charge is 0.317 e. The highest BCUT2D eigenvalue weighted by molar-refractivity contribution is 5.74. The first-order chi connectivity index (χ1) is 11.6. The molecule has 1 aromatic carbocycles. The maximum Gasteiger partial charge on any atom is 0.317 e. The molecule has 130 valence electrons. The summed E-state index contributed by atoms with van der Waals surface area (Å²) in [7, 11) is 1.77. The van der Waals surface area contributed by atoms with Crippen LogP contribution in [0.3, 0.4) is 0 Å². The molecule has 0 bridgehead atoms. The fourth-order valence-corrected chi connectivity index (χ4v) is 3.31. The maximum absolute atomic E-state index is 12.5. The van der Waals surface area contributed by atoms with Gasteiger partial charge in [-0.05, 0) is 24.8 Å². The SMILES string of the molecule is CN(CC1CCCCC1O)C(=O)NC(CCC#N)c1ccccc1. The van der Waals surface area contributed by atoms with E-state index in [1.54, 1.807) is 11.9 Å². The Morgan fingerprint density at radius 3 is 2.75 bits per heavy atom. The Morgan fingerprint density at radius 2 is 2.08 bits per heavy atom. The second kappa shape index (κ2) is 9.29. The van der Waals surface area contributed by atoms with Crippen molar-refractivity contribution in [2.45, 2.75) is 50.7 Å². The number of rotatable bonds is 6. The molecule has 2 amide bonds. The first-order valence-corrected chi connectivity index (χ1v) is 8.73. The van der Waals surface area contributed by atoms with Gasteiger partial charge in [0.15, 0.2) is 0 Å². The molecule has 1 aliphatic carbocycles. The molecule has 2 N–H and O–H groups in total. The lowest BCUT2D eigenvalue weighted by atomic mass is 9.86. The monoisotopic (exact) mass is 329 g/mol. The van der Waals surface area contributed by atoms with E-state index in [1.807, 2.05) is 30.3 Å². The Bertz CT molecular complexity index is 555. The van der Waals surface area contributed by atoms with Crippen molar-refractivity contribution >= 4 is 6.03 Å². The summed E-state index contributed by atoms with van der Waals surface area (Å²) in [6, 6.07) is 11.6. The van der Waals surface area contributed by atoms with Crippen LogP contribution < -0.4 is 5.32 Å². The van der Waals surface area contributed by atoms with E-state index in [2.05, 4.69) is 11.4 Å². The second-order valence-corrected chi connectivity index (χ2v) is 6.60. The van der Waals surface area contributed by atoms with Crippen molar-refractivity contribution in [1.82, 2.24) is 10.2 Å². The molecule has 0 saturated heterocycles. The van der Waals surface area contributed by atoms with Crippen molar-refractivity contribution in [1.29, 1.82) is 5.26 Å². The number of carbonyl (C=O) groups excluding carboxylic acids is 1. The summed E-state index contributed by atoms with van der Waals surface area (Å²) in [6.07, 6.45) is 4.66. The molecule has 1 saturated carbocycles. The molecule has 0 radical (unpaired) electrons. The van der Waals surface area contributed by atoms with Crippen molar-refractivity contribution < 1.29 is 9.90 Å². The van der Waals surface area contributed by atoms with E-state index >= 15 is 0 Å². The summed E-state index contributed by atoms with van der Waals surface area (Å²) in [5.74, 6) is 0.156. The van der Waals surface area contributed by atoms with Crippen molar-refractivity contribution in [2.75, 3.05) is 13.6 Å². The van der Waals surface area contributed by atoms with E-state index < -0.39 is 0 Å². The van der Waals surface area contributed by atoms with Crippen LogP contribution in [0.25, 0.3) is 0 Å². The predicted octanol–water partition coefficient (Wildman–Crippen LogP) is 3.22. The third kappa shape index (κ3) is 5.24. The van der Waals surface area contributed by atoms with Crippen LogP contribution in [0.15, 0.2) is 30.3 Å². The number of hydrogen-bond donors (Lipinski definition) is 2. The Morgan fingerprint density at radius 1 is 1.38 bits per heavy atom. The number of amides is 2. The molecule has 2 rings (SSSR count). The third-order valence-corrected chi connectivity index (χ3v) is 4.77. The van der Waals surface area contributed by atoms with Gasteiger partial charge in [0.1, 0.15) is 0 Å². The van der Waals surface area contributed by atoms with E-state index in [1.165, 1.54) is 0 Å². The maximum atomic E-state index is 12.5. The molecule has 3 unspecified atom stereocenters. The van der Waals surface area contributed by atoms with Crippen molar-refractivity contribution in [3.8, 4) is 6.07 Å². The normalized spacial score (nSPS) is 21.5. The highest BCUT2D eigenvalue weighted by Crippen LogP contribution is 2.25. The molecule has 1 fully saturated rings. The second-order valence-electron chi connectivity index (χ2n) is 6.60. The molecule has 0 heterocycles. The molecular weight excluding hydrogens is 302 g/mol. The quantitative estimate of drug-likeness (QED) is 0.841. The zero-order valence-electron chi connectivity index (χ0n) is 14.3. The topological polar surface area (TPSA) is 76.4 Å². The number of carbonyl (C=O) groups is 1. The molecule has 24 heavy (non-hydrogen) atoms. The number of nitrogens with one attached hydrogen (secondary N) is 1. The summed E-state index contributed by atoms with van der Waals surface area (Å²) < 4.78 is 0. The van der Waals surface area contributed by atoms with Gasteiger partial charge in [0.05, 0.1) is 18.2 Å². The van der Waals surface area contributed by atoms with Crippen LogP contribution in [0.2, 0.25) is 0 Å². The zero-order valence-corrected chi connectivity index (χ0v) is 14.3. The molecule has 5 nitrogen and oxygen atoms in total. The van der Waals surface area contributed by atoms with Crippen LogP contribution in [-0.4, -0.2) is 35.7 Å². The molecule has 0 aliphatic heterocycles. The lowest BCUT2D eigenvalue weighted by Gasteiger charge is -2.32. The van der Waals surface area contributed by atoms with Gasteiger partial charge in [0.25, 0.3) is 0 Å². The van der Waals surface area contributed by atoms with E-state index in [9.17, 15) is 9.90 Å². The first kappa shape index (κ1) is 18.3. The average Bonchev–Trinajstić information content (AvgIpc) is 2.61. The fourth-order valence-electron chi connectivity index (χ4n) is 3.31. The van der Waals surface area contributed by atoms with Crippen LogP contribution in [0, 0.1) is 17.2 Å². The van der Waals surface area contributed by atoms with Crippen molar-refractivity contribution in [3.63, 3.8) is 0 Å². The highest BCUT2D eigenvalue weighted by Gasteiger charge is 2.26. The third-order valence-electron chi connectivity index (χ3n) is 4.77. The molecule has 1 aromatic rings. The lowest BCUT2D eigenvalue weighted by molar-refractivity contribution is 0.0562. The lowest BCUT2D eigenvalue weighted by Crippen LogP contribution is -2.44. The van der Waals surface area contributed by atoms with Crippen LogP contribution in [0.4, 0.5) is 4.79 Å². The summed E-state index contributed by atoms with van der Waals surface area (Å²) in [5, 5.41) is 22.0. The summed E-state index contributed by atoms with van der Waals surface area (Å²) >= 11 is 0. The number of hydrogen-bond acceptors (Lipinski definition) is 3. The number of nitrogens with zero attached hydrogens (tertiary/aromatic N) is 2. The van der Waals surface area contributed by atoms with Crippen LogP contribution in [-0.2, 0) is 0 Å². The van der Waals surface area contributed by atoms with Crippen LogP contribution in [0.5, 0.6) is 0 Å². The van der Waals surface area contributed by atoms with Gasteiger partial charge in [-0.2, -0.15) is 5.26 Å². The average molecular weight is 329 g/mol. The van der Waals surface area contributed by atoms with Crippen LogP contribution >= 0.6 is 0 Å². The fraction of sp³-hybridized carbons (Fsp3) is 0.579. The van der Waals surface area contributed by atoms with Gasteiger partial charge in [-0.25, -0.2) is 4.79 Å². The summed E-state index contributed by atoms with van der Waals surface area (Å²) in [6.45, 7) is 0.562. The van der Waals surface area contributed by atoms with E-state index in [0.29, 0.717) is 19.4 Å². The van der Waals surface area contributed by atoms with Crippen LogP contribution in [0.1, 0.15) is 50.1 Å². The molecule has 5 heteroatoms. The standard InChI is InChI=1S/C19H27N3O2/c1-22(14-16-10-5-6-12-18(16)23)19(24)21-17(11-7-13-20)15-8-3-2-4-9-15/h2-4,8-9,16-18,23H,5-7,10-12,14H2,1H3,(H,21,24). The van der Waals surface area contributed by atoms with Crippen molar-refractivity contribution in [2.24, 2.45) is 5.92 Å². The van der Waals surface area contributed by atoms with E-state index in [0.717, 1.165) is 31.2 Å². The minimum atomic E-state index is -0.308. The minimum Gasteiger partial charge on any atom is -0.393 e. The van der Waals surface area contributed by atoms with E-state index in [-0.39, 0.29) is 24.1 Å². The van der Waals surface area contributed by atoms with Gasteiger partial charge in [0.2, 0.25) is 0 Å². The highest BCUT2D eigenvalue weighted by atomic mass is 16.3. The van der Waals surface area contributed by atoms with Gasteiger partial charge in [0, 0.05) is 25.9 Å². The molecule has 0 aromatic heterocycles. The molecule has 0 spiro atoms. The zero-order chi connectivity index (χ0) is 17.4. The number of nitriles is 1. The van der Waals surface area contributed by atoms with Gasteiger partial charge >= 0.3 is 6.03 Å². The van der Waals surface area contributed by atoms with Crippen molar-refractivity contribution in [3.05, 3.63) is 35.9 Å². The van der Waals surface area contributed by atoms with E-state index in [4.69, 9.17) is 5.26 Å². The van der Waals surface area contributed by atoms with Gasteiger partial charge in [-0.15, -0.1) is 0 Å². The van der Waals surface area contributed by atoms with Gasteiger partial charge < -0.3 is 15.3 Å². The number of aliphatic hydroxyl groups is 1. The number of benzene rings is 1. The first-order valence-electron chi connectivity index (χ1n) is 8.73. The Labute approximate surface area is 144 Å². The molecule has 1 aliphatic rings. The minimum absolute atomic E-state index is 0.153. The number of urea groups is 1. The Balaban J connectivity index is 1.94. The van der Waals surface area contributed by atoms with Gasteiger partial charge in [-0.3, -0.25) is 0 Å². The Hall–Kier alpha value is -2.06. The molecular formula is C19H27N3O2. The Kier molecular flexibility index (Phi) is 7.07. The summed E-state index contributed by atoms with van der Waals surface area (Å²) in [5.41, 5.74) is 1.01.